The van der Waals surface area contributed by atoms with Crippen LogP contribution in [0.2, 0.25) is 0 Å². The van der Waals surface area contributed by atoms with E-state index in [0.29, 0.717) is 6.54 Å². The monoisotopic (exact) mass is 257 g/mol. The maximum Gasteiger partial charge on any atom is 0.194 e. The Morgan fingerprint density at radius 1 is 1.33 bits per heavy atom. The fraction of sp³-hybridized carbons (Fsp3) is 0.214. The van der Waals surface area contributed by atoms with Gasteiger partial charge in [-0.05, 0) is 19.4 Å². The summed E-state index contributed by atoms with van der Waals surface area (Å²) in [6.07, 6.45) is 2.08. The van der Waals surface area contributed by atoms with E-state index in [2.05, 4.69) is 53.0 Å². The fourth-order valence-electron chi connectivity index (χ4n) is 2.21. The first-order chi connectivity index (χ1) is 8.69. The molecular weight excluding hydrogens is 242 g/mol. The minimum Gasteiger partial charge on any atom is -0.325 e. The van der Waals surface area contributed by atoms with Crippen molar-refractivity contribution in [2.24, 2.45) is 5.73 Å². The molecular formula is C14H15N3S. The molecule has 0 spiro atoms. The van der Waals surface area contributed by atoms with Gasteiger partial charge < -0.3 is 5.73 Å². The van der Waals surface area contributed by atoms with E-state index >= 15 is 0 Å². The van der Waals surface area contributed by atoms with Gasteiger partial charge >= 0.3 is 0 Å². The molecule has 0 bridgehead atoms. The van der Waals surface area contributed by atoms with Gasteiger partial charge in [-0.2, -0.15) is 0 Å². The van der Waals surface area contributed by atoms with Crippen LogP contribution in [-0.2, 0) is 6.54 Å². The normalized spacial score (nSPS) is 11.3. The van der Waals surface area contributed by atoms with Crippen molar-refractivity contribution in [1.82, 2.24) is 9.38 Å². The van der Waals surface area contributed by atoms with Crippen molar-refractivity contribution in [3.8, 4) is 11.3 Å². The summed E-state index contributed by atoms with van der Waals surface area (Å²) in [6.45, 7) is 4.78. The van der Waals surface area contributed by atoms with Crippen molar-refractivity contribution in [3.05, 3.63) is 46.6 Å². The van der Waals surface area contributed by atoms with Gasteiger partial charge in [0.15, 0.2) is 4.96 Å². The largest absolute Gasteiger partial charge is 0.325 e. The lowest BCUT2D eigenvalue weighted by Gasteiger charge is -2.03. The maximum atomic E-state index is 5.72. The number of aryl methyl sites for hydroxylation is 2. The van der Waals surface area contributed by atoms with Gasteiger partial charge in [0.1, 0.15) is 0 Å². The van der Waals surface area contributed by atoms with Crippen LogP contribution in [0, 0.1) is 13.8 Å². The van der Waals surface area contributed by atoms with E-state index in [1.165, 1.54) is 16.7 Å². The van der Waals surface area contributed by atoms with Gasteiger partial charge in [0.2, 0.25) is 0 Å². The molecule has 3 aromatic rings. The molecule has 0 saturated carbocycles. The number of thiazole rings is 1. The van der Waals surface area contributed by atoms with Gasteiger partial charge in [0, 0.05) is 29.4 Å². The Balaban J connectivity index is 2.16. The molecule has 0 aliphatic rings. The molecule has 1 aromatic carbocycles. The zero-order valence-corrected chi connectivity index (χ0v) is 11.3. The van der Waals surface area contributed by atoms with Crippen LogP contribution >= 0.6 is 11.3 Å². The van der Waals surface area contributed by atoms with E-state index in [1.54, 1.807) is 11.3 Å². The molecule has 92 valence electrons. The Kier molecular flexibility index (Phi) is 2.69. The zero-order chi connectivity index (χ0) is 12.7. The molecule has 2 heterocycles. The standard InChI is InChI=1S/C14H15N3S/c1-9-3-4-12(10(2)5-9)13-7-17-11(6-15)8-18-14(17)16-13/h3-5,7-8H,6,15H2,1-2H3. The Hall–Kier alpha value is -1.65. The van der Waals surface area contributed by atoms with Crippen molar-refractivity contribution >= 4 is 16.3 Å². The van der Waals surface area contributed by atoms with Gasteiger partial charge in [0.05, 0.1) is 5.69 Å². The number of nitrogens with zero attached hydrogens (tertiary/aromatic N) is 2. The highest BCUT2D eigenvalue weighted by atomic mass is 32.1. The smallest absolute Gasteiger partial charge is 0.194 e. The summed E-state index contributed by atoms with van der Waals surface area (Å²) in [5.41, 5.74) is 11.6. The van der Waals surface area contributed by atoms with Crippen molar-refractivity contribution in [2.75, 3.05) is 0 Å². The summed E-state index contributed by atoms with van der Waals surface area (Å²) in [4.78, 5) is 5.67. The number of aromatic nitrogens is 2. The van der Waals surface area contributed by atoms with Gasteiger partial charge in [-0.3, -0.25) is 4.40 Å². The number of fused-ring (bicyclic) bond motifs is 1. The highest BCUT2D eigenvalue weighted by Crippen LogP contribution is 2.26. The molecule has 0 saturated heterocycles. The Morgan fingerprint density at radius 2 is 2.17 bits per heavy atom. The van der Waals surface area contributed by atoms with Crippen molar-refractivity contribution in [3.63, 3.8) is 0 Å². The highest BCUT2D eigenvalue weighted by Gasteiger charge is 2.10. The molecule has 3 rings (SSSR count). The van der Waals surface area contributed by atoms with E-state index in [-0.39, 0.29) is 0 Å². The second kappa shape index (κ2) is 4.23. The molecule has 0 fully saturated rings. The van der Waals surface area contributed by atoms with E-state index in [0.717, 1.165) is 16.3 Å². The summed E-state index contributed by atoms with van der Waals surface area (Å²) >= 11 is 1.63. The summed E-state index contributed by atoms with van der Waals surface area (Å²) in [5, 5.41) is 2.06. The summed E-state index contributed by atoms with van der Waals surface area (Å²) in [6, 6.07) is 6.45. The first-order valence-electron chi connectivity index (χ1n) is 5.92. The minimum absolute atomic E-state index is 0.544. The van der Waals surface area contributed by atoms with Crippen molar-refractivity contribution < 1.29 is 0 Å². The van der Waals surface area contributed by atoms with Crippen LogP contribution in [0.5, 0.6) is 0 Å². The molecule has 0 unspecified atom stereocenters. The predicted molar refractivity (Wildman–Crippen MR) is 75.9 cm³/mol. The van der Waals surface area contributed by atoms with Gasteiger partial charge in [-0.15, -0.1) is 11.3 Å². The number of rotatable bonds is 2. The van der Waals surface area contributed by atoms with Gasteiger partial charge in [-0.1, -0.05) is 23.8 Å². The number of imidazole rings is 1. The summed E-state index contributed by atoms with van der Waals surface area (Å²) in [7, 11) is 0. The summed E-state index contributed by atoms with van der Waals surface area (Å²) < 4.78 is 2.08. The van der Waals surface area contributed by atoms with Crippen LogP contribution in [0.3, 0.4) is 0 Å². The number of hydrogen-bond acceptors (Lipinski definition) is 3. The molecule has 0 aliphatic carbocycles. The van der Waals surface area contributed by atoms with Gasteiger partial charge in [0.25, 0.3) is 0 Å². The molecule has 2 aromatic heterocycles. The Labute approximate surface area is 110 Å². The van der Waals surface area contributed by atoms with Crippen LogP contribution in [0.4, 0.5) is 0 Å². The lowest BCUT2D eigenvalue weighted by molar-refractivity contribution is 0.966. The third-order valence-corrected chi connectivity index (χ3v) is 4.04. The minimum atomic E-state index is 0.544. The van der Waals surface area contributed by atoms with E-state index < -0.39 is 0 Å². The predicted octanol–water partition coefficient (Wildman–Crippen LogP) is 3.14. The fourth-order valence-corrected chi connectivity index (χ4v) is 3.09. The second-order valence-electron chi connectivity index (χ2n) is 4.53. The van der Waals surface area contributed by atoms with Crippen LogP contribution in [0.25, 0.3) is 16.2 Å². The first kappa shape index (κ1) is 11.4. The molecule has 0 atom stereocenters. The average Bonchev–Trinajstić information content (AvgIpc) is 2.88. The van der Waals surface area contributed by atoms with E-state index in [9.17, 15) is 0 Å². The average molecular weight is 257 g/mol. The summed E-state index contributed by atoms with van der Waals surface area (Å²) in [5.74, 6) is 0. The second-order valence-corrected chi connectivity index (χ2v) is 5.36. The van der Waals surface area contributed by atoms with Crippen LogP contribution in [0.15, 0.2) is 29.8 Å². The van der Waals surface area contributed by atoms with Crippen LogP contribution in [0.1, 0.15) is 16.8 Å². The lowest BCUT2D eigenvalue weighted by Crippen LogP contribution is -1.98. The molecule has 0 aliphatic heterocycles. The van der Waals surface area contributed by atoms with Crippen LogP contribution in [-0.4, -0.2) is 9.38 Å². The number of hydrogen-bond donors (Lipinski definition) is 1. The Morgan fingerprint density at radius 3 is 2.89 bits per heavy atom. The lowest BCUT2D eigenvalue weighted by atomic mass is 10.0. The molecule has 0 radical (unpaired) electrons. The molecule has 4 heteroatoms. The first-order valence-corrected chi connectivity index (χ1v) is 6.80. The molecule has 3 nitrogen and oxygen atoms in total. The van der Waals surface area contributed by atoms with Crippen molar-refractivity contribution in [1.29, 1.82) is 0 Å². The molecule has 0 amide bonds. The van der Waals surface area contributed by atoms with E-state index in [4.69, 9.17) is 5.73 Å². The van der Waals surface area contributed by atoms with E-state index in [1.807, 2.05) is 0 Å². The molecule has 2 N–H and O–H groups in total. The highest BCUT2D eigenvalue weighted by molar-refractivity contribution is 7.15. The van der Waals surface area contributed by atoms with Gasteiger partial charge in [-0.25, -0.2) is 4.98 Å². The third kappa shape index (κ3) is 1.74. The van der Waals surface area contributed by atoms with Crippen molar-refractivity contribution in [2.45, 2.75) is 20.4 Å². The Bertz CT molecular complexity index is 709. The topological polar surface area (TPSA) is 43.3 Å². The maximum absolute atomic E-state index is 5.72. The zero-order valence-electron chi connectivity index (χ0n) is 10.5. The van der Waals surface area contributed by atoms with Crippen LogP contribution < -0.4 is 5.73 Å². The quantitative estimate of drug-likeness (QED) is 0.766. The number of nitrogens with two attached hydrogens (primary N) is 1. The number of benzene rings is 1. The molecule has 18 heavy (non-hydrogen) atoms. The SMILES string of the molecule is Cc1ccc(-c2cn3c(CN)csc3n2)c(C)c1. The third-order valence-electron chi connectivity index (χ3n) is 3.15.